The van der Waals surface area contributed by atoms with E-state index in [4.69, 9.17) is 4.74 Å². The van der Waals surface area contributed by atoms with Crippen molar-refractivity contribution in [3.8, 4) is 11.1 Å². The average molecular weight is 432 g/mol. The van der Waals surface area contributed by atoms with Gasteiger partial charge in [0.2, 0.25) is 0 Å². The molecule has 0 saturated carbocycles. The molecule has 1 heterocycles. The van der Waals surface area contributed by atoms with Crippen LogP contribution in [0.1, 0.15) is 22.6 Å². The first-order valence-electron chi connectivity index (χ1n) is 10.2. The summed E-state index contributed by atoms with van der Waals surface area (Å²) in [5, 5.41) is 12.5. The summed E-state index contributed by atoms with van der Waals surface area (Å²) in [5.74, 6) is -1.20. The Bertz CT molecular complexity index is 1100. The zero-order chi connectivity index (χ0) is 21.4. The first-order chi connectivity index (χ1) is 15.1. The number of carbonyl (C=O) groups is 2. The molecule has 156 valence electrons. The molecule has 5 rings (SSSR count). The number of carboxylic acids is 1. The molecule has 1 saturated heterocycles. The van der Waals surface area contributed by atoms with Gasteiger partial charge in [-0.05, 0) is 27.8 Å². The highest BCUT2D eigenvalue weighted by Gasteiger charge is 2.51. The summed E-state index contributed by atoms with van der Waals surface area (Å²) in [6, 6.07) is 24.7. The lowest BCUT2D eigenvalue weighted by atomic mass is 9.98. The number of carbonyl (C=O) groups excluding carboxylic acids is 1. The Hall–Kier alpha value is -3.09. The highest BCUT2D eigenvalue weighted by Crippen LogP contribution is 2.46. The normalized spacial score (nSPS) is 22.0. The minimum atomic E-state index is -1.23. The van der Waals surface area contributed by atoms with Crippen LogP contribution in [0, 0.1) is 0 Å². The maximum atomic E-state index is 13.4. The third kappa shape index (κ3) is 3.32. The summed E-state index contributed by atoms with van der Waals surface area (Å²) in [6.07, 6.45) is 0. The third-order valence-corrected chi connectivity index (χ3v) is 7.41. The van der Waals surface area contributed by atoms with Crippen LogP contribution in [0.2, 0.25) is 0 Å². The number of aliphatic carboxylic acids is 1. The molecule has 3 aromatic rings. The fourth-order valence-corrected chi connectivity index (χ4v) is 5.79. The van der Waals surface area contributed by atoms with Crippen LogP contribution in [0.25, 0.3) is 11.1 Å². The van der Waals surface area contributed by atoms with Gasteiger partial charge in [0.15, 0.2) is 4.87 Å². The van der Waals surface area contributed by atoms with E-state index in [-0.39, 0.29) is 18.3 Å². The minimum Gasteiger partial charge on any atom is -0.480 e. The number of fused-ring (bicyclic) bond motifs is 3. The lowest BCUT2D eigenvalue weighted by Gasteiger charge is -2.28. The number of esters is 1. The molecule has 1 aliphatic heterocycles. The van der Waals surface area contributed by atoms with Crippen molar-refractivity contribution in [2.75, 3.05) is 12.4 Å². The van der Waals surface area contributed by atoms with Crippen LogP contribution < -0.4 is 5.32 Å². The molecule has 2 N–H and O–H groups in total. The first-order valence-corrected chi connectivity index (χ1v) is 11.1. The van der Waals surface area contributed by atoms with Crippen molar-refractivity contribution in [1.82, 2.24) is 5.32 Å². The first kappa shape index (κ1) is 19.8. The van der Waals surface area contributed by atoms with E-state index in [1.807, 2.05) is 54.6 Å². The van der Waals surface area contributed by atoms with Crippen molar-refractivity contribution in [3.63, 3.8) is 0 Å². The second-order valence-corrected chi connectivity index (χ2v) is 8.95. The monoisotopic (exact) mass is 431 g/mol. The van der Waals surface area contributed by atoms with Gasteiger partial charge in [0.1, 0.15) is 12.6 Å². The van der Waals surface area contributed by atoms with Gasteiger partial charge in [0, 0.05) is 11.7 Å². The second-order valence-electron chi connectivity index (χ2n) is 7.72. The van der Waals surface area contributed by atoms with E-state index >= 15 is 0 Å². The zero-order valence-corrected chi connectivity index (χ0v) is 17.5. The maximum absolute atomic E-state index is 13.4. The van der Waals surface area contributed by atoms with E-state index in [1.54, 1.807) is 0 Å². The molecule has 2 aliphatic rings. The number of thioether (sulfide) groups is 1. The molecule has 0 bridgehead atoms. The van der Waals surface area contributed by atoms with E-state index in [0.717, 1.165) is 22.3 Å². The molecular weight excluding hydrogens is 410 g/mol. The Morgan fingerprint density at radius 3 is 2.10 bits per heavy atom. The largest absolute Gasteiger partial charge is 0.480 e. The number of nitrogens with one attached hydrogen (secondary N) is 1. The van der Waals surface area contributed by atoms with Crippen LogP contribution >= 0.6 is 11.8 Å². The summed E-state index contributed by atoms with van der Waals surface area (Å²) in [4.78, 5) is 23.7. The van der Waals surface area contributed by atoms with Crippen LogP contribution in [-0.4, -0.2) is 35.4 Å². The van der Waals surface area contributed by atoms with Gasteiger partial charge in [-0.25, -0.2) is 4.79 Å². The molecular formula is C25H21NO4S. The van der Waals surface area contributed by atoms with Gasteiger partial charge in [-0.1, -0.05) is 78.9 Å². The predicted octanol–water partition coefficient (Wildman–Crippen LogP) is 3.98. The van der Waals surface area contributed by atoms with Crippen LogP contribution in [0.5, 0.6) is 0 Å². The highest BCUT2D eigenvalue weighted by molar-refractivity contribution is 8.01. The number of hydrogen-bond donors (Lipinski definition) is 2. The predicted molar refractivity (Wildman–Crippen MR) is 120 cm³/mol. The molecule has 31 heavy (non-hydrogen) atoms. The van der Waals surface area contributed by atoms with E-state index in [0.29, 0.717) is 5.56 Å². The fraction of sp³-hybridized carbons (Fsp3) is 0.200. The van der Waals surface area contributed by atoms with E-state index in [2.05, 4.69) is 29.6 Å². The number of benzene rings is 3. The summed E-state index contributed by atoms with van der Waals surface area (Å²) < 4.78 is 5.89. The van der Waals surface area contributed by atoms with Crippen molar-refractivity contribution < 1.29 is 19.4 Å². The Morgan fingerprint density at radius 1 is 0.935 bits per heavy atom. The Kier molecular flexibility index (Phi) is 5.04. The number of carboxylic acid groups (broad SMARTS) is 1. The van der Waals surface area contributed by atoms with Crippen LogP contribution in [0.15, 0.2) is 78.9 Å². The lowest BCUT2D eigenvalue weighted by Crippen LogP contribution is -2.49. The van der Waals surface area contributed by atoms with Crippen molar-refractivity contribution in [3.05, 3.63) is 95.6 Å². The SMILES string of the molecule is O=C(O)[C@H]1CSC(C(=O)OCC2c3ccccc3-c3ccccc32)(c2ccccc2)N1. The highest BCUT2D eigenvalue weighted by atomic mass is 32.2. The van der Waals surface area contributed by atoms with Gasteiger partial charge >= 0.3 is 11.9 Å². The molecule has 3 aromatic carbocycles. The Morgan fingerprint density at radius 2 is 1.52 bits per heavy atom. The van der Waals surface area contributed by atoms with E-state index in [1.165, 1.54) is 11.8 Å². The van der Waals surface area contributed by atoms with Gasteiger partial charge < -0.3 is 9.84 Å². The zero-order valence-electron chi connectivity index (χ0n) is 16.7. The molecule has 1 aliphatic carbocycles. The van der Waals surface area contributed by atoms with Crippen molar-refractivity contribution in [1.29, 1.82) is 0 Å². The molecule has 1 unspecified atom stereocenters. The van der Waals surface area contributed by atoms with Crippen LogP contribution in [0.4, 0.5) is 0 Å². The summed E-state index contributed by atoms with van der Waals surface area (Å²) in [7, 11) is 0. The van der Waals surface area contributed by atoms with Crippen molar-refractivity contribution >= 4 is 23.7 Å². The molecule has 0 aromatic heterocycles. The standard InChI is InChI=1S/C25H21NO4S/c27-23(28)22-15-31-25(26-22,16-8-2-1-3-9-16)24(29)30-14-21-19-12-6-4-10-17(19)18-11-5-7-13-20(18)21/h1-13,21-22,26H,14-15H2,(H,27,28)/t22-,25?/m1/s1. The van der Waals surface area contributed by atoms with Crippen molar-refractivity contribution in [2.24, 2.45) is 0 Å². The Balaban J connectivity index is 1.43. The molecule has 0 spiro atoms. The number of hydrogen-bond acceptors (Lipinski definition) is 5. The quantitative estimate of drug-likeness (QED) is 0.595. The van der Waals surface area contributed by atoms with Crippen LogP contribution in [0.3, 0.4) is 0 Å². The van der Waals surface area contributed by atoms with Gasteiger partial charge in [-0.3, -0.25) is 10.1 Å². The summed E-state index contributed by atoms with van der Waals surface area (Å²) >= 11 is 1.27. The summed E-state index contributed by atoms with van der Waals surface area (Å²) in [5.41, 5.74) is 5.30. The molecule has 0 radical (unpaired) electrons. The lowest BCUT2D eigenvalue weighted by molar-refractivity contribution is -0.149. The smallest absolute Gasteiger partial charge is 0.341 e. The number of rotatable bonds is 5. The maximum Gasteiger partial charge on any atom is 0.341 e. The molecule has 0 amide bonds. The van der Waals surface area contributed by atoms with Gasteiger partial charge in [0.25, 0.3) is 0 Å². The topological polar surface area (TPSA) is 75.6 Å². The van der Waals surface area contributed by atoms with Gasteiger partial charge in [-0.15, -0.1) is 11.8 Å². The van der Waals surface area contributed by atoms with Crippen LogP contribution in [-0.2, 0) is 19.2 Å². The Labute approximate surface area is 184 Å². The minimum absolute atomic E-state index is 0.0501. The van der Waals surface area contributed by atoms with Gasteiger partial charge in [0.05, 0.1) is 0 Å². The van der Waals surface area contributed by atoms with Gasteiger partial charge in [-0.2, -0.15) is 0 Å². The molecule has 2 atom stereocenters. The molecule has 1 fully saturated rings. The third-order valence-electron chi connectivity index (χ3n) is 5.95. The van der Waals surface area contributed by atoms with E-state index < -0.39 is 22.9 Å². The number of ether oxygens (including phenoxy) is 1. The molecule has 5 nitrogen and oxygen atoms in total. The van der Waals surface area contributed by atoms with Crippen molar-refractivity contribution in [2.45, 2.75) is 16.8 Å². The molecule has 6 heteroatoms. The average Bonchev–Trinajstić information content (AvgIpc) is 3.40. The van der Waals surface area contributed by atoms with E-state index in [9.17, 15) is 14.7 Å². The fourth-order valence-electron chi connectivity index (χ4n) is 4.45. The second kappa shape index (κ2) is 7.87. The summed E-state index contributed by atoms with van der Waals surface area (Å²) in [6.45, 7) is 0.196.